The van der Waals surface area contributed by atoms with Gasteiger partial charge in [-0.2, -0.15) is 0 Å². The molecule has 1 aromatic carbocycles. The van der Waals surface area contributed by atoms with Crippen molar-refractivity contribution in [1.29, 1.82) is 0 Å². The summed E-state index contributed by atoms with van der Waals surface area (Å²) >= 11 is 1.58. The van der Waals surface area contributed by atoms with E-state index < -0.39 is 6.04 Å². The molecule has 1 atom stereocenters. The first kappa shape index (κ1) is 14.7. The molecule has 2 N–H and O–H groups in total. The summed E-state index contributed by atoms with van der Waals surface area (Å²) in [5.41, 5.74) is 8.93. The second kappa shape index (κ2) is 6.15. The number of carbonyl (C=O) groups excluding carboxylic acids is 1. The fourth-order valence-corrected chi connectivity index (χ4v) is 2.56. The van der Waals surface area contributed by atoms with E-state index in [1.807, 2.05) is 43.5 Å². The Kier molecular flexibility index (Phi) is 4.52. The lowest BCUT2D eigenvalue weighted by Crippen LogP contribution is -2.35. The first-order valence-corrected chi connectivity index (χ1v) is 7.33. The molecule has 106 valence electrons. The van der Waals surface area contributed by atoms with Gasteiger partial charge in [-0.1, -0.05) is 29.8 Å². The normalized spacial score (nSPS) is 12.2. The van der Waals surface area contributed by atoms with E-state index in [9.17, 15) is 4.79 Å². The summed E-state index contributed by atoms with van der Waals surface area (Å²) in [6.07, 6.45) is 0. The summed E-state index contributed by atoms with van der Waals surface area (Å²) in [4.78, 5) is 18.3. The Balaban J connectivity index is 2.04. The lowest BCUT2D eigenvalue weighted by atomic mass is 10.0. The summed E-state index contributed by atoms with van der Waals surface area (Å²) in [6, 6.07) is 7.11. The minimum Gasteiger partial charge on any atom is -0.338 e. The van der Waals surface area contributed by atoms with Crippen LogP contribution in [0.4, 0.5) is 0 Å². The van der Waals surface area contributed by atoms with Crippen molar-refractivity contribution >= 4 is 17.2 Å². The average Bonchev–Trinajstić information content (AvgIpc) is 2.83. The van der Waals surface area contributed by atoms with Crippen LogP contribution in [-0.4, -0.2) is 22.8 Å². The highest BCUT2D eigenvalue weighted by Crippen LogP contribution is 2.16. The van der Waals surface area contributed by atoms with Gasteiger partial charge < -0.3 is 10.6 Å². The summed E-state index contributed by atoms with van der Waals surface area (Å²) in [5.74, 6) is -0.0977. The van der Waals surface area contributed by atoms with Gasteiger partial charge in [0.2, 0.25) is 5.91 Å². The van der Waals surface area contributed by atoms with Gasteiger partial charge in [0.1, 0.15) is 6.04 Å². The van der Waals surface area contributed by atoms with Crippen molar-refractivity contribution in [3.63, 3.8) is 0 Å². The van der Waals surface area contributed by atoms with Crippen molar-refractivity contribution in [1.82, 2.24) is 9.88 Å². The van der Waals surface area contributed by atoms with E-state index in [4.69, 9.17) is 5.73 Å². The van der Waals surface area contributed by atoms with Crippen LogP contribution in [-0.2, 0) is 11.3 Å². The number of thiazole rings is 1. The van der Waals surface area contributed by atoms with E-state index in [0.29, 0.717) is 6.54 Å². The van der Waals surface area contributed by atoms with E-state index in [1.54, 1.807) is 23.3 Å². The van der Waals surface area contributed by atoms with Crippen LogP contribution >= 0.6 is 11.3 Å². The smallest absolute Gasteiger partial charge is 0.244 e. The van der Waals surface area contributed by atoms with Crippen LogP contribution in [0.2, 0.25) is 0 Å². The maximum atomic E-state index is 12.3. The highest BCUT2D eigenvalue weighted by molar-refractivity contribution is 7.09. The van der Waals surface area contributed by atoms with E-state index in [1.165, 1.54) is 0 Å². The van der Waals surface area contributed by atoms with E-state index in [2.05, 4.69) is 4.98 Å². The van der Waals surface area contributed by atoms with Crippen molar-refractivity contribution in [3.8, 4) is 0 Å². The molecular formula is C15H19N3OS. The Morgan fingerprint density at radius 1 is 1.35 bits per heavy atom. The minimum absolute atomic E-state index is 0.0977. The van der Waals surface area contributed by atoms with Crippen LogP contribution in [0.15, 0.2) is 29.6 Å². The fraction of sp³-hybridized carbons (Fsp3) is 0.333. The number of nitrogens with zero attached hydrogens (tertiary/aromatic N) is 2. The zero-order chi connectivity index (χ0) is 14.7. The van der Waals surface area contributed by atoms with Crippen molar-refractivity contribution in [2.75, 3.05) is 7.05 Å². The molecule has 4 nitrogen and oxygen atoms in total. The summed E-state index contributed by atoms with van der Waals surface area (Å²) in [7, 11) is 1.76. The van der Waals surface area contributed by atoms with E-state index in [-0.39, 0.29) is 5.91 Å². The Labute approximate surface area is 123 Å². The summed E-state index contributed by atoms with van der Waals surface area (Å²) in [5, 5.41) is 2.97. The number of rotatable bonds is 4. The monoisotopic (exact) mass is 289 g/mol. The van der Waals surface area contributed by atoms with Gasteiger partial charge in [0.05, 0.1) is 17.2 Å². The Hall–Kier alpha value is -1.72. The largest absolute Gasteiger partial charge is 0.338 e. The highest BCUT2D eigenvalue weighted by atomic mass is 32.1. The van der Waals surface area contributed by atoms with Gasteiger partial charge in [0.15, 0.2) is 0 Å². The van der Waals surface area contributed by atoms with E-state index in [0.717, 1.165) is 21.8 Å². The molecule has 1 unspecified atom stereocenters. The SMILES string of the molecule is Cc1ccc(C(N)C(=O)N(C)Cc2csc(C)n2)cc1. The number of aryl methyl sites for hydroxylation is 2. The highest BCUT2D eigenvalue weighted by Gasteiger charge is 2.20. The third-order valence-electron chi connectivity index (χ3n) is 3.14. The second-order valence-corrected chi connectivity index (χ2v) is 6.00. The predicted molar refractivity (Wildman–Crippen MR) is 81.4 cm³/mol. The molecule has 2 aromatic rings. The molecule has 0 aliphatic heterocycles. The molecule has 20 heavy (non-hydrogen) atoms. The fourth-order valence-electron chi connectivity index (χ4n) is 1.96. The maximum absolute atomic E-state index is 12.3. The third kappa shape index (κ3) is 3.43. The Bertz CT molecular complexity index is 591. The number of likely N-dealkylation sites (N-methyl/N-ethyl adjacent to an activating group) is 1. The number of nitrogens with two attached hydrogens (primary N) is 1. The first-order valence-electron chi connectivity index (χ1n) is 6.45. The molecule has 0 aliphatic carbocycles. The third-order valence-corrected chi connectivity index (χ3v) is 3.97. The second-order valence-electron chi connectivity index (χ2n) is 4.94. The molecule has 1 amide bonds. The van der Waals surface area contributed by atoms with Crippen LogP contribution in [0.5, 0.6) is 0 Å². The number of aromatic nitrogens is 1. The van der Waals surface area contributed by atoms with Crippen LogP contribution in [0.1, 0.15) is 27.9 Å². The summed E-state index contributed by atoms with van der Waals surface area (Å²) in [6.45, 7) is 4.45. The molecule has 0 saturated carbocycles. The molecular weight excluding hydrogens is 270 g/mol. The van der Waals surface area contributed by atoms with Gasteiger partial charge in [-0.25, -0.2) is 4.98 Å². The van der Waals surface area contributed by atoms with Gasteiger partial charge in [0.25, 0.3) is 0 Å². The number of carbonyl (C=O) groups is 1. The van der Waals surface area contributed by atoms with Gasteiger partial charge in [-0.15, -0.1) is 11.3 Å². The molecule has 0 spiro atoms. The number of hydrogen-bond donors (Lipinski definition) is 1. The average molecular weight is 289 g/mol. The standard InChI is InChI=1S/C15H19N3OS/c1-10-4-6-12(7-5-10)14(16)15(19)18(3)8-13-9-20-11(2)17-13/h4-7,9,14H,8,16H2,1-3H3. The molecule has 0 bridgehead atoms. The maximum Gasteiger partial charge on any atom is 0.244 e. The zero-order valence-electron chi connectivity index (χ0n) is 12.0. The van der Waals surface area contributed by atoms with Crippen LogP contribution in [0.3, 0.4) is 0 Å². The van der Waals surface area contributed by atoms with Gasteiger partial charge in [0, 0.05) is 12.4 Å². The van der Waals surface area contributed by atoms with E-state index >= 15 is 0 Å². The minimum atomic E-state index is -0.625. The molecule has 0 aliphatic rings. The quantitative estimate of drug-likeness (QED) is 0.940. The lowest BCUT2D eigenvalue weighted by molar-refractivity contribution is -0.132. The first-order chi connectivity index (χ1) is 9.47. The van der Waals surface area contributed by atoms with Gasteiger partial charge >= 0.3 is 0 Å². The molecule has 1 heterocycles. The van der Waals surface area contributed by atoms with Gasteiger partial charge in [-0.05, 0) is 19.4 Å². The lowest BCUT2D eigenvalue weighted by Gasteiger charge is -2.20. The predicted octanol–water partition coefficient (Wildman–Crippen LogP) is 2.42. The number of benzene rings is 1. The van der Waals surface area contributed by atoms with Crippen molar-refractivity contribution in [3.05, 3.63) is 51.5 Å². The number of hydrogen-bond acceptors (Lipinski definition) is 4. The molecule has 1 aromatic heterocycles. The molecule has 5 heteroatoms. The summed E-state index contributed by atoms with van der Waals surface area (Å²) < 4.78 is 0. The van der Waals surface area contributed by atoms with Crippen LogP contribution in [0.25, 0.3) is 0 Å². The topological polar surface area (TPSA) is 59.2 Å². The molecule has 0 saturated heterocycles. The number of amides is 1. The zero-order valence-corrected chi connectivity index (χ0v) is 12.8. The molecule has 0 fully saturated rings. The van der Waals surface area contributed by atoms with Crippen molar-refractivity contribution in [2.24, 2.45) is 5.73 Å². The van der Waals surface area contributed by atoms with Gasteiger partial charge in [-0.3, -0.25) is 4.79 Å². The molecule has 0 radical (unpaired) electrons. The van der Waals surface area contributed by atoms with Crippen molar-refractivity contribution < 1.29 is 4.79 Å². The Morgan fingerprint density at radius 3 is 2.55 bits per heavy atom. The Morgan fingerprint density at radius 2 is 2.00 bits per heavy atom. The van der Waals surface area contributed by atoms with Crippen molar-refractivity contribution in [2.45, 2.75) is 26.4 Å². The van der Waals surface area contributed by atoms with Crippen LogP contribution < -0.4 is 5.73 Å². The van der Waals surface area contributed by atoms with Crippen LogP contribution in [0, 0.1) is 13.8 Å². The molecule has 2 rings (SSSR count).